The molecule has 0 aliphatic heterocycles. The summed E-state index contributed by atoms with van der Waals surface area (Å²) in [4.78, 5) is 16.5. The number of rotatable bonds is 9. The van der Waals surface area contributed by atoms with Crippen LogP contribution in [0.25, 0.3) is 0 Å². The number of hydrogen-bond donors (Lipinski definition) is 3. The number of carbonyl (C=O) groups is 1. The van der Waals surface area contributed by atoms with Crippen molar-refractivity contribution in [3.8, 4) is 0 Å². The van der Waals surface area contributed by atoms with Crippen molar-refractivity contribution in [1.29, 1.82) is 0 Å². The van der Waals surface area contributed by atoms with Crippen molar-refractivity contribution in [1.82, 2.24) is 16.0 Å². The first-order valence-electron chi connectivity index (χ1n) is 9.81. The molecule has 2 rings (SSSR count). The van der Waals surface area contributed by atoms with Gasteiger partial charge in [0.15, 0.2) is 5.96 Å². The second-order valence-corrected chi connectivity index (χ2v) is 8.13. The van der Waals surface area contributed by atoms with Crippen LogP contribution in [0.2, 0.25) is 0 Å². The van der Waals surface area contributed by atoms with Gasteiger partial charge < -0.3 is 20.7 Å². The second kappa shape index (κ2) is 12.3. The summed E-state index contributed by atoms with van der Waals surface area (Å²) in [6, 6.07) is 7.65. The lowest BCUT2D eigenvalue weighted by molar-refractivity contribution is 0.0919. The molecule has 1 amide bonds. The predicted octanol–water partition coefficient (Wildman–Crippen LogP) is 3.31. The first-order valence-corrected chi connectivity index (χ1v) is 9.81. The normalized spacial score (nSPS) is 14.2. The highest BCUT2D eigenvalue weighted by molar-refractivity contribution is 14.0. The molecular weight excluding hydrogens is 467 g/mol. The van der Waals surface area contributed by atoms with E-state index in [2.05, 4.69) is 20.9 Å². The monoisotopic (exact) mass is 502 g/mol. The van der Waals surface area contributed by atoms with Crippen LogP contribution in [-0.4, -0.2) is 44.2 Å². The highest BCUT2D eigenvalue weighted by Crippen LogP contribution is 2.28. The molecule has 6 nitrogen and oxygen atoms in total. The number of amides is 1. The summed E-state index contributed by atoms with van der Waals surface area (Å²) in [7, 11) is 1.76. The number of halogens is 1. The molecule has 0 saturated heterocycles. The van der Waals surface area contributed by atoms with Crippen LogP contribution in [-0.2, 0) is 11.3 Å². The van der Waals surface area contributed by atoms with Crippen LogP contribution in [0.5, 0.6) is 0 Å². The molecule has 0 atom stereocenters. The average molecular weight is 502 g/mol. The zero-order valence-electron chi connectivity index (χ0n) is 17.5. The maximum absolute atomic E-state index is 12.3. The molecule has 1 saturated carbocycles. The maximum Gasteiger partial charge on any atom is 0.251 e. The molecule has 158 valence electrons. The lowest BCUT2D eigenvalue weighted by atomic mass is 10.1. The fourth-order valence-corrected chi connectivity index (χ4v) is 2.56. The molecule has 0 heterocycles. The number of guanidine groups is 1. The van der Waals surface area contributed by atoms with Crippen molar-refractivity contribution < 1.29 is 9.53 Å². The third-order valence-corrected chi connectivity index (χ3v) is 4.17. The van der Waals surface area contributed by atoms with E-state index in [1.165, 1.54) is 12.8 Å². The van der Waals surface area contributed by atoms with Crippen LogP contribution in [0, 0.1) is 5.92 Å². The van der Waals surface area contributed by atoms with E-state index < -0.39 is 0 Å². The summed E-state index contributed by atoms with van der Waals surface area (Å²) in [6.07, 6.45) is 3.61. The summed E-state index contributed by atoms with van der Waals surface area (Å²) in [5.74, 6) is 1.51. The first-order chi connectivity index (χ1) is 12.9. The minimum atomic E-state index is -0.250. The maximum atomic E-state index is 12.3. The van der Waals surface area contributed by atoms with E-state index in [-0.39, 0.29) is 35.4 Å². The van der Waals surface area contributed by atoms with E-state index in [1.54, 1.807) is 7.05 Å². The Morgan fingerprint density at radius 1 is 1.25 bits per heavy atom. The second-order valence-electron chi connectivity index (χ2n) is 8.13. The largest absolute Gasteiger partial charge is 0.381 e. The van der Waals surface area contributed by atoms with Gasteiger partial charge in [-0.1, -0.05) is 12.1 Å². The van der Waals surface area contributed by atoms with Gasteiger partial charge in [-0.15, -0.1) is 24.0 Å². The van der Waals surface area contributed by atoms with E-state index >= 15 is 0 Å². The summed E-state index contributed by atoms with van der Waals surface area (Å²) in [6.45, 7) is 9.04. The molecule has 1 aromatic carbocycles. The number of ether oxygens (including phenoxy) is 1. The summed E-state index contributed by atoms with van der Waals surface area (Å²) < 4.78 is 5.63. The van der Waals surface area contributed by atoms with Crippen molar-refractivity contribution in [2.45, 2.75) is 52.1 Å². The number of aliphatic imine (C=N–C) groups is 1. The summed E-state index contributed by atoms with van der Waals surface area (Å²) >= 11 is 0. The molecular formula is C21H35IN4O2. The van der Waals surface area contributed by atoms with Crippen LogP contribution in [0.15, 0.2) is 29.3 Å². The number of hydrogen-bond acceptors (Lipinski definition) is 3. The van der Waals surface area contributed by atoms with Crippen LogP contribution >= 0.6 is 24.0 Å². The van der Waals surface area contributed by atoms with E-state index in [0.29, 0.717) is 12.1 Å². The zero-order chi connectivity index (χ0) is 19.7. The van der Waals surface area contributed by atoms with Crippen molar-refractivity contribution in [3.63, 3.8) is 0 Å². The fraction of sp³-hybridized carbons (Fsp3) is 0.619. The Kier molecular flexibility index (Phi) is 10.8. The third kappa shape index (κ3) is 10.3. The molecule has 1 aliphatic carbocycles. The molecule has 1 aromatic rings. The molecule has 28 heavy (non-hydrogen) atoms. The molecule has 0 unspecified atom stereocenters. The van der Waals surface area contributed by atoms with Gasteiger partial charge in [0.1, 0.15) is 0 Å². The Labute approximate surface area is 186 Å². The Morgan fingerprint density at radius 3 is 2.64 bits per heavy atom. The highest BCUT2D eigenvalue weighted by atomic mass is 127. The zero-order valence-corrected chi connectivity index (χ0v) is 19.8. The van der Waals surface area contributed by atoms with E-state index in [0.717, 1.165) is 43.6 Å². The molecule has 0 spiro atoms. The van der Waals surface area contributed by atoms with E-state index in [1.807, 2.05) is 45.0 Å². The molecule has 3 N–H and O–H groups in total. The van der Waals surface area contributed by atoms with Gasteiger partial charge in [-0.05, 0) is 63.6 Å². The van der Waals surface area contributed by atoms with Gasteiger partial charge >= 0.3 is 0 Å². The number of nitrogens with zero attached hydrogens (tertiary/aromatic N) is 1. The molecule has 0 aromatic heterocycles. The van der Waals surface area contributed by atoms with Gasteiger partial charge in [0, 0.05) is 44.5 Å². The van der Waals surface area contributed by atoms with Crippen LogP contribution in [0.4, 0.5) is 0 Å². The van der Waals surface area contributed by atoms with Crippen LogP contribution in [0.1, 0.15) is 56.0 Å². The number of benzene rings is 1. The standard InChI is InChI=1S/C21H34N4O2.HI/c1-21(2,3)25-19(26)18-8-5-7-17(13-18)14-24-20(22-4)23-11-6-12-27-15-16-9-10-16;/h5,7-8,13,16H,6,9-12,14-15H2,1-4H3,(H,25,26)(H2,22,23,24);1H. The fourth-order valence-electron chi connectivity index (χ4n) is 2.56. The Hall–Kier alpha value is -1.35. The van der Waals surface area contributed by atoms with Crippen LogP contribution in [0.3, 0.4) is 0 Å². The molecule has 0 radical (unpaired) electrons. The summed E-state index contributed by atoms with van der Waals surface area (Å²) in [5.41, 5.74) is 1.45. The minimum Gasteiger partial charge on any atom is -0.381 e. The van der Waals surface area contributed by atoms with Gasteiger partial charge in [-0.2, -0.15) is 0 Å². The van der Waals surface area contributed by atoms with Crippen molar-refractivity contribution in [3.05, 3.63) is 35.4 Å². The van der Waals surface area contributed by atoms with Gasteiger partial charge in [-0.25, -0.2) is 0 Å². The third-order valence-electron chi connectivity index (χ3n) is 4.17. The molecule has 1 fully saturated rings. The SMILES string of the molecule is CN=C(NCCCOCC1CC1)NCc1cccc(C(=O)NC(C)(C)C)c1.I. The van der Waals surface area contributed by atoms with Crippen molar-refractivity contribution in [2.24, 2.45) is 10.9 Å². The Balaban J connectivity index is 0.00000392. The topological polar surface area (TPSA) is 74.8 Å². The lowest BCUT2D eigenvalue weighted by Crippen LogP contribution is -2.40. The number of nitrogens with one attached hydrogen (secondary N) is 3. The van der Waals surface area contributed by atoms with Gasteiger partial charge in [0.05, 0.1) is 0 Å². The highest BCUT2D eigenvalue weighted by Gasteiger charge is 2.20. The van der Waals surface area contributed by atoms with Crippen molar-refractivity contribution >= 4 is 35.8 Å². The molecule has 0 bridgehead atoms. The van der Waals surface area contributed by atoms with Crippen LogP contribution < -0.4 is 16.0 Å². The molecule has 1 aliphatic rings. The van der Waals surface area contributed by atoms with Gasteiger partial charge in [0.2, 0.25) is 0 Å². The molecule has 7 heteroatoms. The van der Waals surface area contributed by atoms with E-state index in [4.69, 9.17) is 4.74 Å². The lowest BCUT2D eigenvalue weighted by Gasteiger charge is -2.20. The van der Waals surface area contributed by atoms with E-state index in [9.17, 15) is 4.79 Å². The predicted molar refractivity (Wildman–Crippen MR) is 125 cm³/mol. The quantitative estimate of drug-likeness (QED) is 0.210. The Bertz CT molecular complexity index is 640. The Morgan fingerprint density at radius 2 is 2.00 bits per heavy atom. The van der Waals surface area contributed by atoms with Crippen molar-refractivity contribution in [2.75, 3.05) is 26.8 Å². The van der Waals surface area contributed by atoms with Gasteiger partial charge in [0.25, 0.3) is 5.91 Å². The smallest absolute Gasteiger partial charge is 0.251 e. The average Bonchev–Trinajstić information content (AvgIpc) is 3.43. The summed E-state index contributed by atoms with van der Waals surface area (Å²) in [5, 5.41) is 9.56. The van der Waals surface area contributed by atoms with Gasteiger partial charge in [-0.3, -0.25) is 9.79 Å². The first kappa shape index (κ1) is 24.7. The minimum absolute atomic E-state index is 0. The number of carbonyl (C=O) groups excluding carboxylic acids is 1.